The quantitative estimate of drug-likeness (QED) is 0.699. The average Bonchev–Trinajstić information content (AvgIpc) is 2.97. The van der Waals surface area contributed by atoms with Crippen LogP contribution >= 0.6 is 0 Å². The number of rotatable bonds is 8. The van der Waals surface area contributed by atoms with Gasteiger partial charge < -0.3 is 15.5 Å². The fourth-order valence-electron chi connectivity index (χ4n) is 2.74. The monoisotopic (exact) mass is 319 g/mol. The number of nitrogens with zero attached hydrogens (tertiary/aromatic N) is 3. The van der Waals surface area contributed by atoms with E-state index < -0.39 is 0 Å². The van der Waals surface area contributed by atoms with Crippen LogP contribution < -0.4 is 10.6 Å². The van der Waals surface area contributed by atoms with Crippen molar-refractivity contribution in [2.75, 3.05) is 52.1 Å². The second-order valence-corrected chi connectivity index (χ2v) is 6.49. The number of hydrogen-bond acceptors (Lipinski definition) is 5. The van der Waals surface area contributed by atoms with E-state index in [4.69, 9.17) is 0 Å². The maximum Gasteiger partial charge on any atom is 0.234 e. The molecule has 1 fully saturated rings. The van der Waals surface area contributed by atoms with Gasteiger partial charge in [-0.05, 0) is 45.5 Å². The molecule has 2 rings (SSSR count). The van der Waals surface area contributed by atoms with Crippen molar-refractivity contribution in [3.8, 4) is 0 Å². The number of likely N-dealkylation sites (tertiary alicyclic amines) is 1. The Labute approximate surface area is 139 Å². The number of anilines is 1. The van der Waals surface area contributed by atoms with E-state index in [9.17, 15) is 4.79 Å². The minimum Gasteiger partial charge on any atom is -0.370 e. The predicted octanol–water partition coefficient (Wildman–Crippen LogP) is 0.944. The van der Waals surface area contributed by atoms with E-state index in [0.717, 1.165) is 43.9 Å². The number of aromatic nitrogens is 1. The number of amides is 1. The van der Waals surface area contributed by atoms with Crippen LogP contribution in [0.15, 0.2) is 18.3 Å². The van der Waals surface area contributed by atoms with Gasteiger partial charge in [0.25, 0.3) is 0 Å². The van der Waals surface area contributed by atoms with E-state index in [-0.39, 0.29) is 5.91 Å². The number of carbonyl (C=O) groups is 1. The highest BCUT2D eigenvalue weighted by Crippen LogP contribution is 2.12. The van der Waals surface area contributed by atoms with Crippen LogP contribution in [0, 0.1) is 6.92 Å². The molecule has 6 heteroatoms. The summed E-state index contributed by atoms with van der Waals surface area (Å²) < 4.78 is 0. The van der Waals surface area contributed by atoms with E-state index in [1.807, 2.05) is 25.3 Å². The molecular weight excluding hydrogens is 290 g/mol. The Morgan fingerprint density at radius 3 is 2.87 bits per heavy atom. The lowest BCUT2D eigenvalue weighted by molar-refractivity contribution is -0.122. The van der Waals surface area contributed by atoms with Gasteiger partial charge in [-0.25, -0.2) is 4.98 Å². The van der Waals surface area contributed by atoms with Gasteiger partial charge in [0.15, 0.2) is 0 Å². The highest BCUT2D eigenvalue weighted by Gasteiger charge is 2.24. The van der Waals surface area contributed by atoms with Crippen molar-refractivity contribution in [3.63, 3.8) is 0 Å². The molecule has 0 radical (unpaired) electrons. The summed E-state index contributed by atoms with van der Waals surface area (Å²) in [6, 6.07) is 4.59. The number of carbonyl (C=O) groups excluding carboxylic acids is 1. The zero-order valence-electron chi connectivity index (χ0n) is 14.5. The second-order valence-electron chi connectivity index (χ2n) is 6.49. The molecule has 23 heavy (non-hydrogen) atoms. The summed E-state index contributed by atoms with van der Waals surface area (Å²) in [7, 11) is 4.20. The van der Waals surface area contributed by atoms with Gasteiger partial charge in [0.2, 0.25) is 5.91 Å². The van der Waals surface area contributed by atoms with Crippen molar-refractivity contribution in [3.05, 3.63) is 23.9 Å². The van der Waals surface area contributed by atoms with Crippen molar-refractivity contribution < 1.29 is 4.79 Å². The van der Waals surface area contributed by atoms with E-state index >= 15 is 0 Å². The molecular formula is C17H29N5O. The molecule has 1 aromatic rings. The van der Waals surface area contributed by atoms with Crippen LogP contribution in [0.25, 0.3) is 0 Å². The van der Waals surface area contributed by atoms with Gasteiger partial charge in [0.1, 0.15) is 5.82 Å². The van der Waals surface area contributed by atoms with Crippen LogP contribution in [0.3, 0.4) is 0 Å². The van der Waals surface area contributed by atoms with Crippen molar-refractivity contribution in [2.24, 2.45) is 0 Å². The fraction of sp³-hybridized carbons (Fsp3) is 0.647. The standard InChI is InChI=1S/C17H29N5O/c1-14-5-6-16(20-11-14)18-8-4-9-19-17(23)13-22-10-7-15(12-22)21(2)3/h5-6,11,15H,4,7-10,12-13H2,1-3H3,(H,18,20)(H,19,23)/t15-/m1/s1. The van der Waals surface area contributed by atoms with Gasteiger partial charge in [0.05, 0.1) is 6.54 Å². The minimum atomic E-state index is 0.123. The number of nitrogens with one attached hydrogen (secondary N) is 2. The summed E-state index contributed by atoms with van der Waals surface area (Å²) in [6.45, 7) is 6.04. The first-order chi connectivity index (χ1) is 11.0. The number of pyridine rings is 1. The van der Waals surface area contributed by atoms with Crippen molar-refractivity contribution >= 4 is 11.7 Å². The van der Waals surface area contributed by atoms with Gasteiger partial charge in [-0.15, -0.1) is 0 Å². The molecule has 1 amide bonds. The van der Waals surface area contributed by atoms with Gasteiger partial charge in [-0.2, -0.15) is 0 Å². The molecule has 0 bridgehead atoms. The molecule has 2 N–H and O–H groups in total. The molecule has 0 aromatic carbocycles. The molecule has 0 saturated carbocycles. The first kappa shape index (κ1) is 17.7. The Bertz CT molecular complexity index is 488. The van der Waals surface area contributed by atoms with Gasteiger partial charge in [-0.3, -0.25) is 9.69 Å². The second kappa shape index (κ2) is 8.84. The Morgan fingerprint density at radius 1 is 1.39 bits per heavy atom. The summed E-state index contributed by atoms with van der Waals surface area (Å²) in [5.41, 5.74) is 1.15. The molecule has 1 aromatic heterocycles. The maximum atomic E-state index is 11.9. The molecule has 0 unspecified atom stereocenters. The molecule has 1 aliphatic rings. The third-order valence-electron chi connectivity index (χ3n) is 4.24. The summed E-state index contributed by atoms with van der Waals surface area (Å²) in [5.74, 6) is 1.01. The van der Waals surface area contributed by atoms with E-state index in [0.29, 0.717) is 19.1 Å². The Hall–Kier alpha value is -1.66. The zero-order valence-corrected chi connectivity index (χ0v) is 14.5. The van der Waals surface area contributed by atoms with Gasteiger partial charge in [-0.1, -0.05) is 6.07 Å². The molecule has 1 atom stereocenters. The molecule has 128 valence electrons. The SMILES string of the molecule is Cc1ccc(NCCCNC(=O)CN2CC[C@@H](N(C)C)C2)nc1. The molecule has 1 saturated heterocycles. The number of hydrogen-bond donors (Lipinski definition) is 2. The fourth-order valence-corrected chi connectivity index (χ4v) is 2.74. The molecule has 1 aliphatic heterocycles. The molecule has 6 nitrogen and oxygen atoms in total. The summed E-state index contributed by atoms with van der Waals surface area (Å²) >= 11 is 0. The lowest BCUT2D eigenvalue weighted by Gasteiger charge is -2.20. The number of aryl methyl sites for hydroxylation is 1. The first-order valence-corrected chi connectivity index (χ1v) is 8.36. The van der Waals surface area contributed by atoms with Crippen LogP contribution in [0.2, 0.25) is 0 Å². The molecule has 0 aliphatic carbocycles. The first-order valence-electron chi connectivity index (χ1n) is 8.36. The van der Waals surface area contributed by atoms with Crippen LogP contribution in [0.1, 0.15) is 18.4 Å². The minimum absolute atomic E-state index is 0.123. The molecule has 2 heterocycles. The Morgan fingerprint density at radius 2 is 2.22 bits per heavy atom. The zero-order chi connectivity index (χ0) is 16.7. The smallest absolute Gasteiger partial charge is 0.234 e. The van der Waals surface area contributed by atoms with Crippen LogP contribution in [-0.4, -0.2) is 73.6 Å². The van der Waals surface area contributed by atoms with Crippen molar-refractivity contribution in [1.29, 1.82) is 0 Å². The lowest BCUT2D eigenvalue weighted by atomic mass is 10.2. The summed E-state index contributed by atoms with van der Waals surface area (Å²) in [5, 5.41) is 6.25. The van der Waals surface area contributed by atoms with Crippen LogP contribution in [0.4, 0.5) is 5.82 Å². The van der Waals surface area contributed by atoms with E-state index in [1.54, 1.807) is 0 Å². The van der Waals surface area contributed by atoms with Crippen molar-refractivity contribution in [2.45, 2.75) is 25.8 Å². The van der Waals surface area contributed by atoms with Crippen molar-refractivity contribution in [1.82, 2.24) is 20.1 Å². The third-order valence-corrected chi connectivity index (χ3v) is 4.24. The Kier molecular flexibility index (Phi) is 6.80. The van der Waals surface area contributed by atoms with Crippen LogP contribution in [0.5, 0.6) is 0 Å². The highest BCUT2D eigenvalue weighted by molar-refractivity contribution is 5.78. The van der Waals surface area contributed by atoms with Gasteiger partial charge in [0, 0.05) is 38.4 Å². The van der Waals surface area contributed by atoms with E-state index in [1.165, 1.54) is 0 Å². The topological polar surface area (TPSA) is 60.5 Å². The normalized spacial score (nSPS) is 18.3. The Balaban J connectivity index is 1.54. The average molecular weight is 319 g/mol. The predicted molar refractivity (Wildman–Crippen MR) is 93.6 cm³/mol. The highest BCUT2D eigenvalue weighted by atomic mass is 16.2. The summed E-state index contributed by atoms with van der Waals surface area (Å²) in [6.07, 6.45) is 3.89. The summed E-state index contributed by atoms with van der Waals surface area (Å²) in [4.78, 5) is 20.7. The van der Waals surface area contributed by atoms with Gasteiger partial charge >= 0.3 is 0 Å². The molecule has 0 spiro atoms. The third kappa shape index (κ3) is 6.15. The number of likely N-dealkylation sites (N-methyl/N-ethyl adjacent to an activating group) is 1. The lowest BCUT2D eigenvalue weighted by Crippen LogP contribution is -2.38. The largest absolute Gasteiger partial charge is 0.370 e. The maximum absolute atomic E-state index is 11.9. The van der Waals surface area contributed by atoms with Crippen LogP contribution in [-0.2, 0) is 4.79 Å². The van der Waals surface area contributed by atoms with E-state index in [2.05, 4.69) is 39.5 Å².